The summed E-state index contributed by atoms with van der Waals surface area (Å²) in [4.78, 5) is 4.29. The highest BCUT2D eigenvalue weighted by Crippen LogP contribution is 2.25. The van der Waals surface area contributed by atoms with Crippen LogP contribution in [0.1, 0.15) is 24.0 Å². The third-order valence-electron chi connectivity index (χ3n) is 4.11. The van der Waals surface area contributed by atoms with E-state index < -0.39 is 0 Å². The van der Waals surface area contributed by atoms with Gasteiger partial charge in [-0.3, -0.25) is 4.99 Å². The Hall–Kier alpha value is -1.96. The number of para-hydroxylation sites is 2. The van der Waals surface area contributed by atoms with Crippen molar-refractivity contribution in [1.29, 1.82) is 0 Å². The molecule has 1 unspecified atom stereocenters. The summed E-state index contributed by atoms with van der Waals surface area (Å²) in [6.07, 6.45) is 0. The van der Waals surface area contributed by atoms with E-state index in [1.165, 1.54) is 5.56 Å². The molecule has 0 saturated carbocycles. The van der Waals surface area contributed by atoms with Crippen LogP contribution in [0.5, 0.6) is 11.5 Å². The lowest BCUT2D eigenvalue weighted by Crippen LogP contribution is -2.38. The second-order valence-electron chi connectivity index (χ2n) is 5.76. The van der Waals surface area contributed by atoms with Crippen LogP contribution in [0.25, 0.3) is 0 Å². The molecule has 2 rings (SSSR count). The van der Waals surface area contributed by atoms with Crippen molar-refractivity contribution in [3.8, 4) is 11.5 Å². The Labute approximate surface area is 173 Å². The molecule has 2 aromatic carbocycles. The SMILES string of the molecule is CN=C(NCc1ccccc1OC)NCC(C)c1ccccc1OC.I. The molecule has 0 radical (unpaired) electrons. The van der Waals surface area contributed by atoms with Crippen LogP contribution in [0.2, 0.25) is 0 Å². The van der Waals surface area contributed by atoms with E-state index in [9.17, 15) is 0 Å². The Morgan fingerprint density at radius 2 is 1.58 bits per heavy atom. The first-order chi connectivity index (χ1) is 12.2. The van der Waals surface area contributed by atoms with Gasteiger partial charge in [0.15, 0.2) is 5.96 Å². The van der Waals surface area contributed by atoms with Crippen LogP contribution < -0.4 is 20.1 Å². The van der Waals surface area contributed by atoms with Crippen molar-refractivity contribution in [1.82, 2.24) is 10.6 Å². The maximum atomic E-state index is 5.44. The van der Waals surface area contributed by atoms with Crippen molar-refractivity contribution < 1.29 is 9.47 Å². The van der Waals surface area contributed by atoms with Crippen LogP contribution in [-0.2, 0) is 6.54 Å². The zero-order valence-corrected chi connectivity index (χ0v) is 18.1. The number of nitrogens with one attached hydrogen (secondary N) is 2. The predicted molar refractivity (Wildman–Crippen MR) is 118 cm³/mol. The van der Waals surface area contributed by atoms with Gasteiger partial charge in [-0.2, -0.15) is 0 Å². The molecule has 0 heterocycles. The minimum absolute atomic E-state index is 0. The minimum Gasteiger partial charge on any atom is -0.496 e. The fraction of sp³-hybridized carbons (Fsp3) is 0.350. The van der Waals surface area contributed by atoms with Gasteiger partial charge >= 0.3 is 0 Å². The van der Waals surface area contributed by atoms with Crippen molar-refractivity contribution in [3.05, 3.63) is 59.7 Å². The Balaban J connectivity index is 0.00000338. The van der Waals surface area contributed by atoms with Gasteiger partial charge < -0.3 is 20.1 Å². The third kappa shape index (κ3) is 6.09. The molecule has 0 fully saturated rings. The van der Waals surface area contributed by atoms with Gasteiger partial charge in [-0.05, 0) is 17.7 Å². The number of hydrogen-bond donors (Lipinski definition) is 2. The lowest BCUT2D eigenvalue weighted by Gasteiger charge is -2.18. The highest BCUT2D eigenvalue weighted by atomic mass is 127. The Bertz CT molecular complexity index is 707. The summed E-state index contributed by atoms with van der Waals surface area (Å²) in [5.74, 6) is 2.83. The number of rotatable bonds is 7. The molecule has 0 amide bonds. The molecule has 2 N–H and O–H groups in total. The molecule has 0 bridgehead atoms. The Morgan fingerprint density at radius 1 is 0.962 bits per heavy atom. The Morgan fingerprint density at radius 3 is 2.23 bits per heavy atom. The number of halogens is 1. The van der Waals surface area contributed by atoms with E-state index >= 15 is 0 Å². The fourth-order valence-corrected chi connectivity index (χ4v) is 2.68. The topological polar surface area (TPSA) is 54.9 Å². The van der Waals surface area contributed by atoms with Gasteiger partial charge in [-0.25, -0.2) is 0 Å². The second kappa shape index (κ2) is 11.6. The molecule has 0 spiro atoms. The van der Waals surface area contributed by atoms with Crippen LogP contribution in [0.15, 0.2) is 53.5 Å². The molecular weight excluding hydrogens is 441 g/mol. The van der Waals surface area contributed by atoms with Crippen LogP contribution in [-0.4, -0.2) is 33.8 Å². The molecule has 0 aromatic heterocycles. The monoisotopic (exact) mass is 469 g/mol. The fourth-order valence-electron chi connectivity index (χ4n) is 2.68. The maximum absolute atomic E-state index is 5.44. The van der Waals surface area contributed by atoms with E-state index in [4.69, 9.17) is 9.47 Å². The van der Waals surface area contributed by atoms with Gasteiger partial charge in [0, 0.05) is 31.6 Å². The summed E-state index contributed by atoms with van der Waals surface area (Å²) in [5.41, 5.74) is 2.27. The second-order valence-corrected chi connectivity index (χ2v) is 5.76. The van der Waals surface area contributed by atoms with Crippen LogP contribution in [0.4, 0.5) is 0 Å². The van der Waals surface area contributed by atoms with Crippen LogP contribution in [0.3, 0.4) is 0 Å². The van der Waals surface area contributed by atoms with Crippen molar-refractivity contribution in [3.63, 3.8) is 0 Å². The predicted octanol–water partition coefficient (Wildman–Crippen LogP) is 3.79. The number of aliphatic imine (C=N–C) groups is 1. The highest BCUT2D eigenvalue weighted by molar-refractivity contribution is 14.0. The normalized spacial score (nSPS) is 11.9. The standard InChI is InChI=1S/C20H27N3O2.HI/c1-15(17-10-6-8-12-19(17)25-4)13-22-20(21-2)23-14-16-9-5-7-11-18(16)24-3;/h5-12,15H,13-14H2,1-4H3,(H2,21,22,23);1H. The summed E-state index contributed by atoms with van der Waals surface area (Å²) < 4.78 is 10.8. The first kappa shape index (κ1) is 22.1. The number of nitrogens with zero attached hydrogens (tertiary/aromatic N) is 1. The van der Waals surface area contributed by atoms with Crippen LogP contribution >= 0.6 is 24.0 Å². The molecule has 142 valence electrons. The van der Waals surface area contributed by atoms with Gasteiger partial charge in [0.05, 0.1) is 14.2 Å². The van der Waals surface area contributed by atoms with Crippen molar-refractivity contribution in [2.45, 2.75) is 19.4 Å². The molecule has 1 atom stereocenters. The summed E-state index contributed by atoms with van der Waals surface area (Å²) >= 11 is 0. The summed E-state index contributed by atoms with van der Waals surface area (Å²) in [7, 11) is 5.15. The highest BCUT2D eigenvalue weighted by Gasteiger charge is 2.11. The Kier molecular flexibility index (Phi) is 9.87. The van der Waals surface area contributed by atoms with Gasteiger partial charge in [0.2, 0.25) is 0 Å². The lowest BCUT2D eigenvalue weighted by atomic mass is 10.0. The molecule has 0 saturated heterocycles. The molecule has 2 aromatic rings. The average molecular weight is 469 g/mol. The first-order valence-electron chi connectivity index (χ1n) is 8.39. The third-order valence-corrected chi connectivity index (χ3v) is 4.11. The van der Waals surface area contributed by atoms with Gasteiger partial charge in [-0.15, -0.1) is 24.0 Å². The van der Waals surface area contributed by atoms with Crippen LogP contribution in [0, 0.1) is 0 Å². The number of hydrogen-bond acceptors (Lipinski definition) is 3. The van der Waals surface area contributed by atoms with Gasteiger partial charge in [-0.1, -0.05) is 43.3 Å². The average Bonchev–Trinajstić information content (AvgIpc) is 2.68. The zero-order valence-electron chi connectivity index (χ0n) is 15.8. The van der Waals surface area contributed by atoms with E-state index in [2.05, 4.69) is 28.6 Å². The summed E-state index contributed by atoms with van der Waals surface area (Å²) in [6.45, 7) is 3.57. The number of methoxy groups -OCH3 is 2. The molecule has 0 aliphatic heterocycles. The maximum Gasteiger partial charge on any atom is 0.191 e. The van der Waals surface area contributed by atoms with E-state index in [0.717, 1.165) is 29.6 Å². The number of benzene rings is 2. The molecule has 26 heavy (non-hydrogen) atoms. The van der Waals surface area contributed by atoms with E-state index in [1.807, 2.05) is 42.5 Å². The van der Waals surface area contributed by atoms with E-state index in [-0.39, 0.29) is 24.0 Å². The first-order valence-corrected chi connectivity index (χ1v) is 8.39. The zero-order chi connectivity index (χ0) is 18.1. The molecule has 0 aliphatic rings. The number of ether oxygens (including phenoxy) is 2. The summed E-state index contributed by atoms with van der Waals surface area (Å²) in [6, 6.07) is 16.0. The van der Waals surface area contributed by atoms with Crippen molar-refractivity contribution >= 4 is 29.9 Å². The lowest BCUT2D eigenvalue weighted by molar-refractivity contribution is 0.406. The molecular formula is C20H28IN3O2. The summed E-state index contributed by atoms with van der Waals surface area (Å²) in [5, 5.41) is 6.69. The quantitative estimate of drug-likeness (QED) is 0.368. The molecule has 6 heteroatoms. The van der Waals surface area contributed by atoms with Crippen molar-refractivity contribution in [2.75, 3.05) is 27.8 Å². The molecule has 5 nitrogen and oxygen atoms in total. The van der Waals surface area contributed by atoms with E-state index in [0.29, 0.717) is 12.5 Å². The largest absolute Gasteiger partial charge is 0.496 e. The molecule has 0 aliphatic carbocycles. The van der Waals surface area contributed by atoms with Gasteiger partial charge in [0.25, 0.3) is 0 Å². The van der Waals surface area contributed by atoms with Gasteiger partial charge in [0.1, 0.15) is 11.5 Å². The van der Waals surface area contributed by atoms with Crippen molar-refractivity contribution in [2.24, 2.45) is 4.99 Å². The smallest absolute Gasteiger partial charge is 0.191 e. The number of guanidine groups is 1. The minimum atomic E-state index is 0. The van der Waals surface area contributed by atoms with E-state index in [1.54, 1.807) is 21.3 Å².